The first-order chi connectivity index (χ1) is 13.5. The highest BCUT2D eigenvalue weighted by Crippen LogP contribution is 2.32. The molecule has 0 aromatic heterocycles. The standard InChI is InChI=1S/C22H19F2NO3/c23-13-7-8-19(24)18(11-13)16-5-1-4-15-14(16)3-2-6-17(15)22(27)25-20-12-28-10-9-21(20)26/h1-8,11,20-21,26H,9-10,12H2,(H,25,27)/t20-,21-/m1/s1. The number of aliphatic hydroxyl groups is 1. The Labute approximate surface area is 160 Å². The first kappa shape index (κ1) is 18.5. The van der Waals surface area contributed by atoms with Crippen LogP contribution in [-0.4, -0.2) is 36.4 Å². The second-order valence-electron chi connectivity index (χ2n) is 6.84. The van der Waals surface area contributed by atoms with E-state index in [0.29, 0.717) is 34.9 Å². The molecule has 4 rings (SSSR count). The van der Waals surface area contributed by atoms with Crippen molar-refractivity contribution in [3.05, 3.63) is 71.8 Å². The van der Waals surface area contributed by atoms with Gasteiger partial charge in [-0.15, -0.1) is 0 Å². The monoisotopic (exact) mass is 383 g/mol. The van der Waals surface area contributed by atoms with E-state index in [1.165, 1.54) is 0 Å². The van der Waals surface area contributed by atoms with E-state index in [-0.39, 0.29) is 18.1 Å². The van der Waals surface area contributed by atoms with Gasteiger partial charge in [0, 0.05) is 17.7 Å². The first-order valence-corrected chi connectivity index (χ1v) is 9.08. The van der Waals surface area contributed by atoms with Gasteiger partial charge in [0.05, 0.1) is 18.8 Å². The van der Waals surface area contributed by atoms with E-state index in [2.05, 4.69) is 5.32 Å². The summed E-state index contributed by atoms with van der Waals surface area (Å²) in [6, 6.07) is 13.1. The molecule has 144 valence electrons. The minimum Gasteiger partial charge on any atom is -0.391 e. The average molecular weight is 383 g/mol. The van der Waals surface area contributed by atoms with Gasteiger partial charge >= 0.3 is 0 Å². The summed E-state index contributed by atoms with van der Waals surface area (Å²) in [6.45, 7) is 0.710. The maximum absolute atomic E-state index is 14.3. The molecule has 1 saturated heterocycles. The Hall–Kier alpha value is -2.83. The van der Waals surface area contributed by atoms with Gasteiger partial charge in [-0.25, -0.2) is 8.78 Å². The number of nitrogens with one attached hydrogen (secondary N) is 1. The van der Waals surface area contributed by atoms with Gasteiger partial charge < -0.3 is 15.2 Å². The van der Waals surface area contributed by atoms with Crippen molar-refractivity contribution in [1.82, 2.24) is 5.32 Å². The molecule has 1 aliphatic rings. The van der Waals surface area contributed by atoms with Gasteiger partial charge in [-0.3, -0.25) is 4.79 Å². The number of ether oxygens (including phenoxy) is 1. The molecule has 4 nitrogen and oxygen atoms in total. The van der Waals surface area contributed by atoms with Crippen LogP contribution in [0.15, 0.2) is 54.6 Å². The zero-order valence-electron chi connectivity index (χ0n) is 15.0. The van der Waals surface area contributed by atoms with Crippen LogP contribution in [0.2, 0.25) is 0 Å². The molecule has 0 unspecified atom stereocenters. The summed E-state index contributed by atoms with van der Waals surface area (Å²) in [5.41, 5.74) is 1.04. The predicted octanol–water partition coefficient (Wildman–Crippen LogP) is 3.66. The molecule has 0 bridgehead atoms. The van der Waals surface area contributed by atoms with E-state index in [9.17, 15) is 18.7 Å². The minimum absolute atomic E-state index is 0.138. The SMILES string of the molecule is O=C(N[C@@H]1COCC[C@H]1O)c1cccc2c(-c3cc(F)ccc3F)cccc12. The second kappa shape index (κ2) is 7.66. The molecule has 0 spiro atoms. The minimum atomic E-state index is -0.662. The fourth-order valence-corrected chi connectivity index (χ4v) is 3.56. The molecular weight excluding hydrogens is 364 g/mol. The Kier molecular flexibility index (Phi) is 5.07. The van der Waals surface area contributed by atoms with E-state index in [4.69, 9.17) is 4.74 Å². The molecule has 1 aliphatic heterocycles. The number of carbonyl (C=O) groups excluding carboxylic acids is 1. The fraction of sp³-hybridized carbons (Fsp3) is 0.227. The van der Waals surface area contributed by atoms with Crippen LogP contribution in [0, 0.1) is 11.6 Å². The number of carbonyl (C=O) groups is 1. The van der Waals surface area contributed by atoms with Crippen molar-refractivity contribution in [1.29, 1.82) is 0 Å². The molecule has 1 heterocycles. The third kappa shape index (κ3) is 3.48. The number of hydrogen-bond donors (Lipinski definition) is 2. The van der Waals surface area contributed by atoms with Gasteiger partial charge in [0.15, 0.2) is 0 Å². The lowest BCUT2D eigenvalue weighted by molar-refractivity contribution is -0.0139. The lowest BCUT2D eigenvalue weighted by Gasteiger charge is -2.28. The maximum Gasteiger partial charge on any atom is 0.252 e. The number of halogens is 2. The van der Waals surface area contributed by atoms with Crippen LogP contribution in [0.3, 0.4) is 0 Å². The van der Waals surface area contributed by atoms with Crippen LogP contribution in [0.25, 0.3) is 21.9 Å². The van der Waals surface area contributed by atoms with Crippen LogP contribution >= 0.6 is 0 Å². The Balaban J connectivity index is 1.75. The number of aliphatic hydroxyl groups excluding tert-OH is 1. The summed E-state index contributed by atoms with van der Waals surface area (Å²) >= 11 is 0. The molecule has 3 aromatic rings. The number of rotatable bonds is 3. The second-order valence-corrected chi connectivity index (χ2v) is 6.84. The molecule has 0 aliphatic carbocycles. The van der Waals surface area contributed by atoms with Crippen molar-refractivity contribution in [2.24, 2.45) is 0 Å². The Morgan fingerprint density at radius 2 is 1.82 bits per heavy atom. The number of fused-ring (bicyclic) bond motifs is 1. The molecular formula is C22H19F2NO3. The summed E-state index contributed by atoms with van der Waals surface area (Å²) in [6.07, 6.45) is -0.201. The highest BCUT2D eigenvalue weighted by molar-refractivity contribution is 6.10. The van der Waals surface area contributed by atoms with Gasteiger partial charge in [0.1, 0.15) is 11.6 Å². The zero-order chi connectivity index (χ0) is 19.7. The molecule has 0 saturated carbocycles. The normalized spacial score (nSPS) is 19.5. The number of benzene rings is 3. The highest BCUT2D eigenvalue weighted by Gasteiger charge is 2.26. The third-order valence-corrected chi connectivity index (χ3v) is 5.02. The third-order valence-electron chi connectivity index (χ3n) is 5.02. The average Bonchev–Trinajstić information content (AvgIpc) is 2.70. The van der Waals surface area contributed by atoms with Crippen molar-refractivity contribution in [2.75, 3.05) is 13.2 Å². The lowest BCUT2D eigenvalue weighted by atomic mass is 9.94. The zero-order valence-corrected chi connectivity index (χ0v) is 15.0. The van der Waals surface area contributed by atoms with Crippen LogP contribution in [0.4, 0.5) is 8.78 Å². The van der Waals surface area contributed by atoms with Gasteiger partial charge in [0.25, 0.3) is 5.91 Å². The highest BCUT2D eigenvalue weighted by atomic mass is 19.1. The van der Waals surface area contributed by atoms with Crippen molar-refractivity contribution in [3.63, 3.8) is 0 Å². The van der Waals surface area contributed by atoms with E-state index in [1.54, 1.807) is 36.4 Å². The van der Waals surface area contributed by atoms with Crippen LogP contribution in [-0.2, 0) is 4.74 Å². The van der Waals surface area contributed by atoms with Crippen LogP contribution in [0.5, 0.6) is 0 Å². The number of amides is 1. The van der Waals surface area contributed by atoms with E-state index < -0.39 is 23.8 Å². The van der Waals surface area contributed by atoms with Gasteiger partial charge in [0.2, 0.25) is 0 Å². The molecule has 1 fully saturated rings. The molecule has 28 heavy (non-hydrogen) atoms. The quantitative estimate of drug-likeness (QED) is 0.726. The molecule has 1 amide bonds. The Morgan fingerprint density at radius 1 is 1.04 bits per heavy atom. The topological polar surface area (TPSA) is 58.6 Å². The van der Waals surface area contributed by atoms with E-state index in [1.807, 2.05) is 0 Å². The van der Waals surface area contributed by atoms with Gasteiger partial charge in [-0.05, 0) is 47.0 Å². The van der Waals surface area contributed by atoms with Crippen molar-refractivity contribution < 1.29 is 23.4 Å². The lowest BCUT2D eigenvalue weighted by Crippen LogP contribution is -2.49. The van der Waals surface area contributed by atoms with Crippen molar-refractivity contribution >= 4 is 16.7 Å². The smallest absolute Gasteiger partial charge is 0.252 e. The number of hydrogen-bond acceptors (Lipinski definition) is 3. The fourth-order valence-electron chi connectivity index (χ4n) is 3.56. The largest absolute Gasteiger partial charge is 0.391 e. The van der Waals surface area contributed by atoms with Gasteiger partial charge in [-0.2, -0.15) is 0 Å². The van der Waals surface area contributed by atoms with Crippen molar-refractivity contribution in [3.8, 4) is 11.1 Å². The first-order valence-electron chi connectivity index (χ1n) is 9.08. The predicted molar refractivity (Wildman–Crippen MR) is 102 cm³/mol. The summed E-state index contributed by atoms with van der Waals surface area (Å²) in [4.78, 5) is 12.8. The van der Waals surface area contributed by atoms with Gasteiger partial charge in [-0.1, -0.05) is 30.3 Å². The van der Waals surface area contributed by atoms with E-state index in [0.717, 1.165) is 18.2 Å². The summed E-state index contributed by atoms with van der Waals surface area (Å²) in [7, 11) is 0. The molecule has 3 aromatic carbocycles. The molecule has 2 atom stereocenters. The molecule has 2 N–H and O–H groups in total. The van der Waals surface area contributed by atoms with E-state index >= 15 is 0 Å². The Morgan fingerprint density at radius 3 is 2.64 bits per heavy atom. The summed E-state index contributed by atoms with van der Waals surface area (Å²) in [5, 5.41) is 14.1. The summed E-state index contributed by atoms with van der Waals surface area (Å²) in [5.74, 6) is -1.42. The van der Waals surface area contributed by atoms with Crippen LogP contribution in [0.1, 0.15) is 16.8 Å². The maximum atomic E-state index is 14.3. The summed E-state index contributed by atoms with van der Waals surface area (Å²) < 4.78 is 33.3. The Bertz CT molecular complexity index is 1040. The van der Waals surface area contributed by atoms with Crippen molar-refractivity contribution in [2.45, 2.75) is 18.6 Å². The van der Waals surface area contributed by atoms with Crippen LogP contribution < -0.4 is 5.32 Å². The molecule has 0 radical (unpaired) electrons. The molecule has 6 heteroatoms.